The summed E-state index contributed by atoms with van der Waals surface area (Å²) in [6.45, 7) is 1.47. The molecule has 0 aliphatic carbocycles. The molecule has 0 aliphatic rings. The topological polar surface area (TPSA) is 85.6 Å². The molecule has 0 amide bonds. The first-order valence-electron chi connectivity index (χ1n) is 8.13. The number of rotatable bonds is 7. The minimum atomic E-state index is -1.03. The molecule has 6 heteroatoms. The summed E-state index contributed by atoms with van der Waals surface area (Å²) in [7, 11) is 3.07. The maximum absolute atomic E-state index is 12.4. The second kappa shape index (κ2) is 9.20. The van der Waals surface area contributed by atoms with E-state index in [2.05, 4.69) is 0 Å². The Bertz CT molecular complexity index is 876. The number of esters is 1. The molecule has 0 aromatic heterocycles. The van der Waals surface area contributed by atoms with E-state index < -0.39 is 12.1 Å². The van der Waals surface area contributed by atoms with Gasteiger partial charge in [-0.15, -0.1) is 0 Å². The molecule has 0 radical (unpaired) electrons. The Kier molecular flexibility index (Phi) is 6.73. The van der Waals surface area contributed by atoms with Gasteiger partial charge in [-0.05, 0) is 55.0 Å². The van der Waals surface area contributed by atoms with Crippen molar-refractivity contribution in [2.75, 3.05) is 14.2 Å². The molecule has 2 rings (SSSR count). The molecule has 0 bridgehead atoms. The number of benzene rings is 2. The fraction of sp³-hybridized carbons (Fsp3) is 0.190. The van der Waals surface area contributed by atoms with Crippen LogP contribution in [0.15, 0.2) is 54.1 Å². The monoisotopic (exact) mass is 365 g/mol. The molecule has 0 saturated heterocycles. The summed E-state index contributed by atoms with van der Waals surface area (Å²) in [5.41, 5.74) is 0.821. The van der Waals surface area contributed by atoms with E-state index in [9.17, 15) is 14.9 Å². The Morgan fingerprint density at radius 3 is 1.96 bits per heavy atom. The maximum atomic E-state index is 12.4. The fourth-order valence-electron chi connectivity index (χ4n) is 2.27. The largest absolute Gasteiger partial charge is 0.497 e. The van der Waals surface area contributed by atoms with E-state index in [1.54, 1.807) is 61.7 Å². The van der Waals surface area contributed by atoms with E-state index in [1.165, 1.54) is 20.1 Å². The first kappa shape index (κ1) is 19.7. The summed E-state index contributed by atoms with van der Waals surface area (Å²) < 4.78 is 15.3. The summed E-state index contributed by atoms with van der Waals surface area (Å²) in [6.07, 6.45) is 0.366. The summed E-state index contributed by atoms with van der Waals surface area (Å²) in [4.78, 5) is 24.6. The van der Waals surface area contributed by atoms with Gasteiger partial charge in [-0.3, -0.25) is 4.79 Å². The summed E-state index contributed by atoms with van der Waals surface area (Å²) in [5, 5.41) is 9.24. The highest BCUT2D eigenvalue weighted by molar-refractivity contribution is 6.03. The highest BCUT2D eigenvalue weighted by Gasteiger charge is 2.21. The second-order valence-corrected chi connectivity index (χ2v) is 5.58. The Hall–Kier alpha value is -3.59. The fourth-order valence-corrected chi connectivity index (χ4v) is 2.27. The molecule has 0 fully saturated rings. The number of hydrogen-bond donors (Lipinski definition) is 0. The molecule has 138 valence electrons. The average molecular weight is 365 g/mol. The van der Waals surface area contributed by atoms with Crippen molar-refractivity contribution in [2.24, 2.45) is 0 Å². The van der Waals surface area contributed by atoms with E-state index >= 15 is 0 Å². The van der Waals surface area contributed by atoms with Crippen LogP contribution in [0.1, 0.15) is 22.8 Å². The number of ketones is 1. The number of nitriles is 1. The molecular weight excluding hydrogens is 346 g/mol. The highest BCUT2D eigenvalue weighted by atomic mass is 16.5. The molecular formula is C21H19NO5. The zero-order valence-corrected chi connectivity index (χ0v) is 15.3. The van der Waals surface area contributed by atoms with Crippen LogP contribution in [0, 0.1) is 11.3 Å². The zero-order chi connectivity index (χ0) is 19.8. The number of Topliss-reactive ketones (excluding diaryl/α,β-unsaturated/α-hetero) is 1. The van der Waals surface area contributed by atoms with Crippen molar-refractivity contribution in [3.8, 4) is 17.6 Å². The third-order valence-corrected chi connectivity index (χ3v) is 3.79. The molecule has 27 heavy (non-hydrogen) atoms. The average Bonchev–Trinajstić information content (AvgIpc) is 2.71. The van der Waals surface area contributed by atoms with Gasteiger partial charge in [-0.1, -0.05) is 12.1 Å². The molecule has 0 spiro atoms. The minimum Gasteiger partial charge on any atom is -0.497 e. The van der Waals surface area contributed by atoms with Crippen LogP contribution >= 0.6 is 0 Å². The van der Waals surface area contributed by atoms with Crippen molar-refractivity contribution < 1.29 is 23.8 Å². The van der Waals surface area contributed by atoms with Gasteiger partial charge in [0.25, 0.3) is 0 Å². The summed E-state index contributed by atoms with van der Waals surface area (Å²) >= 11 is 0. The van der Waals surface area contributed by atoms with Crippen LogP contribution in [0.3, 0.4) is 0 Å². The number of ether oxygens (including phenoxy) is 3. The summed E-state index contributed by atoms with van der Waals surface area (Å²) in [5.74, 6) is 0.0488. The lowest BCUT2D eigenvalue weighted by Crippen LogP contribution is -2.25. The van der Waals surface area contributed by atoms with Gasteiger partial charge in [-0.2, -0.15) is 5.26 Å². The highest BCUT2D eigenvalue weighted by Crippen LogP contribution is 2.16. The third kappa shape index (κ3) is 5.19. The van der Waals surface area contributed by atoms with Crippen LogP contribution in [0.25, 0.3) is 6.08 Å². The normalized spacial score (nSPS) is 11.9. The van der Waals surface area contributed by atoms with Crippen LogP contribution in [-0.4, -0.2) is 32.1 Å². The number of nitrogens with zero attached hydrogens (tertiary/aromatic N) is 1. The first-order chi connectivity index (χ1) is 13.0. The lowest BCUT2D eigenvalue weighted by Gasteiger charge is -2.12. The first-order valence-corrected chi connectivity index (χ1v) is 8.13. The van der Waals surface area contributed by atoms with Gasteiger partial charge in [0.1, 0.15) is 23.1 Å². The van der Waals surface area contributed by atoms with Crippen molar-refractivity contribution in [3.63, 3.8) is 0 Å². The third-order valence-electron chi connectivity index (χ3n) is 3.79. The number of methoxy groups -OCH3 is 2. The Morgan fingerprint density at radius 1 is 0.963 bits per heavy atom. The van der Waals surface area contributed by atoms with E-state index in [4.69, 9.17) is 14.2 Å². The predicted octanol–water partition coefficient (Wildman–Crippen LogP) is 3.43. The predicted molar refractivity (Wildman–Crippen MR) is 99.5 cm³/mol. The second-order valence-electron chi connectivity index (χ2n) is 5.58. The zero-order valence-electron chi connectivity index (χ0n) is 15.3. The molecule has 0 aliphatic heterocycles. The molecule has 1 atom stereocenters. The number of hydrogen-bond acceptors (Lipinski definition) is 6. The van der Waals surface area contributed by atoms with Crippen molar-refractivity contribution in [1.82, 2.24) is 0 Å². The molecule has 0 unspecified atom stereocenters. The SMILES string of the molecule is COc1ccc(/C=C(\C#N)C(=O)O[C@@H](C)C(=O)c2ccc(OC)cc2)cc1. The van der Waals surface area contributed by atoms with Crippen LogP contribution in [-0.2, 0) is 9.53 Å². The standard InChI is InChI=1S/C21H19NO5/c1-14(20(23)16-6-10-19(26-3)11-7-16)27-21(24)17(13-22)12-15-4-8-18(25-2)9-5-15/h4-12,14H,1-3H3/b17-12+/t14-/m0/s1. The number of carbonyl (C=O) groups is 2. The van der Waals surface area contributed by atoms with E-state index in [0.29, 0.717) is 22.6 Å². The van der Waals surface area contributed by atoms with Gasteiger partial charge in [0.2, 0.25) is 5.78 Å². The van der Waals surface area contributed by atoms with E-state index in [-0.39, 0.29) is 11.4 Å². The van der Waals surface area contributed by atoms with Gasteiger partial charge in [-0.25, -0.2) is 4.79 Å². The molecule has 2 aromatic carbocycles. The van der Waals surface area contributed by atoms with Gasteiger partial charge >= 0.3 is 5.97 Å². The Morgan fingerprint density at radius 2 is 1.48 bits per heavy atom. The Balaban J connectivity index is 2.08. The van der Waals surface area contributed by atoms with Gasteiger partial charge in [0.15, 0.2) is 6.10 Å². The van der Waals surface area contributed by atoms with Crippen molar-refractivity contribution in [1.29, 1.82) is 5.26 Å². The van der Waals surface area contributed by atoms with Gasteiger partial charge < -0.3 is 14.2 Å². The lowest BCUT2D eigenvalue weighted by molar-refractivity contribution is -0.141. The number of carbonyl (C=O) groups excluding carboxylic acids is 2. The van der Waals surface area contributed by atoms with Crippen LogP contribution in [0.5, 0.6) is 11.5 Å². The quantitative estimate of drug-likeness (QED) is 0.323. The van der Waals surface area contributed by atoms with Crippen molar-refractivity contribution >= 4 is 17.8 Å². The molecule has 6 nitrogen and oxygen atoms in total. The van der Waals surface area contributed by atoms with Gasteiger partial charge in [0, 0.05) is 5.56 Å². The van der Waals surface area contributed by atoms with Crippen molar-refractivity contribution in [2.45, 2.75) is 13.0 Å². The molecule has 0 heterocycles. The lowest BCUT2D eigenvalue weighted by atomic mass is 10.1. The maximum Gasteiger partial charge on any atom is 0.349 e. The van der Waals surface area contributed by atoms with Crippen LogP contribution in [0.2, 0.25) is 0 Å². The minimum absolute atomic E-state index is 0.199. The molecule has 0 saturated carbocycles. The van der Waals surface area contributed by atoms with Gasteiger partial charge in [0.05, 0.1) is 14.2 Å². The van der Waals surface area contributed by atoms with Crippen LogP contribution in [0.4, 0.5) is 0 Å². The van der Waals surface area contributed by atoms with Crippen molar-refractivity contribution in [3.05, 3.63) is 65.2 Å². The van der Waals surface area contributed by atoms with Crippen LogP contribution < -0.4 is 9.47 Å². The molecule has 0 N–H and O–H groups in total. The van der Waals surface area contributed by atoms with E-state index in [0.717, 1.165) is 0 Å². The molecule has 2 aromatic rings. The Labute approximate surface area is 157 Å². The van der Waals surface area contributed by atoms with E-state index in [1.807, 2.05) is 0 Å². The smallest absolute Gasteiger partial charge is 0.349 e. The summed E-state index contributed by atoms with van der Waals surface area (Å²) in [6, 6.07) is 15.1.